The lowest BCUT2D eigenvalue weighted by Gasteiger charge is -2.20. The lowest BCUT2D eigenvalue weighted by atomic mass is 9.79. The highest BCUT2D eigenvalue weighted by molar-refractivity contribution is 6.00. The van der Waals surface area contributed by atoms with Crippen molar-refractivity contribution >= 4 is 17.5 Å². The van der Waals surface area contributed by atoms with E-state index in [1.54, 1.807) is 14.1 Å². The van der Waals surface area contributed by atoms with Crippen LogP contribution in [0.3, 0.4) is 0 Å². The van der Waals surface area contributed by atoms with Crippen LogP contribution in [0, 0.1) is 0 Å². The van der Waals surface area contributed by atoms with E-state index in [-0.39, 0.29) is 11.8 Å². The Kier molecular flexibility index (Phi) is 2.52. The van der Waals surface area contributed by atoms with Gasteiger partial charge in [-0.25, -0.2) is 0 Å². The smallest absolute Gasteiger partial charge is 0.244 e. The van der Waals surface area contributed by atoms with Crippen LogP contribution in [0.1, 0.15) is 12.0 Å². The van der Waals surface area contributed by atoms with E-state index in [4.69, 9.17) is 0 Å². The van der Waals surface area contributed by atoms with Crippen molar-refractivity contribution in [3.05, 3.63) is 29.8 Å². The highest BCUT2D eigenvalue weighted by atomic mass is 16.2. The van der Waals surface area contributed by atoms with E-state index in [0.29, 0.717) is 13.0 Å². The molecule has 2 unspecified atom stereocenters. The molecular weight excluding hydrogens is 242 g/mol. The van der Waals surface area contributed by atoms with Gasteiger partial charge in [0.25, 0.3) is 0 Å². The molecular formula is C14H17N3O2. The quantitative estimate of drug-likeness (QED) is 0.764. The summed E-state index contributed by atoms with van der Waals surface area (Å²) in [5.41, 5.74) is 1.41. The summed E-state index contributed by atoms with van der Waals surface area (Å²) in [4.78, 5) is 25.9. The molecule has 2 aliphatic rings. The summed E-state index contributed by atoms with van der Waals surface area (Å²) in [6.07, 6.45) is 0.521. The zero-order valence-electron chi connectivity index (χ0n) is 11.1. The maximum absolute atomic E-state index is 12.4. The maximum atomic E-state index is 12.4. The Bertz CT molecular complexity index is 555. The monoisotopic (exact) mass is 259 g/mol. The van der Waals surface area contributed by atoms with Gasteiger partial charge < -0.3 is 15.5 Å². The molecule has 5 nitrogen and oxygen atoms in total. The number of para-hydroxylation sites is 1. The molecule has 2 N–H and O–H groups in total. The number of nitrogens with zero attached hydrogens (tertiary/aromatic N) is 1. The minimum Gasteiger partial charge on any atom is -0.383 e. The third kappa shape index (κ3) is 1.61. The van der Waals surface area contributed by atoms with Gasteiger partial charge in [0.2, 0.25) is 11.8 Å². The number of carbonyl (C=O) groups is 2. The van der Waals surface area contributed by atoms with Crippen LogP contribution in [0.25, 0.3) is 0 Å². The number of hydrogen-bond acceptors (Lipinski definition) is 3. The second-order valence-electron chi connectivity index (χ2n) is 5.44. The minimum atomic E-state index is -0.590. The van der Waals surface area contributed by atoms with E-state index in [9.17, 15) is 9.59 Å². The molecule has 2 amide bonds. The van der Waals surface area contributed by atoms with Crippen molar-refractivity contribution in [2.24, 2.45) is 0 Å². The maximum Gasteiger partial charge on any atom is 0.244 e. The summed E-state index contributed by atoms with van der Waals surface area (Å²) in [6, 6.07) is 7.40. The van der Waals surface area contributed by atoms with Crippen LogP contribution in [0.15, 0.2) is 24.3 Å². The predicted octanol–water partition coefficient (Wildman–Crippen LogP) is 0.327. The zero-order chi connectivity index (χ0) is 13.6. The van der Waals surface area contributed by atoms with Gasteiger partial charge in [0, 0.05) is 26.3 Å². The fourth-order valence-electron chi connectivity index (χ4n) is 3.03. The van der Waals surface area contributed by atoms with E-state index in [0.717, 1.165) is 11.3 Å². The number of nitrogens with one attached hydrogen (secondary N) is 2. The summed E-state index contributed by atoms with van der Waals surface area (Å²) in [5.74, 6) is -0.0974. The van der Waals surface area contributed by atoms with Crippen LogP contribution in [-0.2, 0) is 15.0 Å². The minimum absolute atomic E-state index is 0.0467. The molecule has 0 saturated carbocycles. The van der Waals surface area contributed by atoms with Crippen LogP contribution in [-0.4, -0.2) is 43.4 Å². The van der Waals surface area contributed by atoms with Crippen LogP contribution in [0.5, 0.6) is 0 Å². The molecule has 5 heteroatoms. The molecule has 1 spiro atoms. The standard InChI is InChI=1S/C14H17N3O2/c1-17(2)12(18)11-7-14(13(19)16-11)8-15-10-6-4-3-5-9(10)14/h3-6,11,15H,7-8H2,1-2H3,(H,16,19). The average Bonchev–Trinajstić information content (AvgIpc) is 2.93. The number of rotatable bonds is 1. The third-order valence-electron chi connectivity index (χ3n) is 4.05. The molecule has 1 aromatic rings. The first-order chi connectivity index (χ1) is 9.04. The van der Waals surface area contributed by atoms with E-state index in [2.05, 4.69) is 10.6 Å². The number of anilines is 1. The van der Waals surface area contributed by atoms with Gasteiger partial charge in [0.1, 0.15) is 6.04 Å². The Balaban J connectivity index is 1.96. The average molecular weight is 259 g/mol. The molecule has 1 saturated heterocycles. The molecule has 0 aliphatic carbocycles. The van der Waals surface area contributed by atoms with Crippen molar-refractivity contribution < 1.29 is 9.59 Å². The predicted molar refractivity (Wildman–Crippen MR) is 71.9 cm³/mol. The van der Waals surface area contributed by atoms with Crippen LogP contribution < -0.4 is 10.6 Å². The summed E-state index contributed by atoms with van der Waals surface area (Å²) < 4.78 is 0. The molecule has 1 fully saturated rings. The largest absolute Gasteiger partial charge is 0.383 e. The van der Waals surface area contributed by atoms with E-state index < -0.39 is 11.5 Å². The fraction of sp³-hybridized carbons (Fsp3) is 0.429. The van der Waals surface area contributed by atoms with Crippen molar-refractivity contribution in [1.29, 1.82) is 0 Å². The highest BCUT2D eigenvalue weighted by Crippen LogP contribution is 2.43. The number of benzene rings is 1. The lowest BCUT2D eigenvalue weighted by Crippen LogP contribution is -2.41. The van der Waals surface area contributed by atoms with Gasteiger partial charge in [-0.1, -0.05) is 18.2 Å². The number of fused-ring (bicyclic) bond motifs is 2. The molecule has 0 radical (unpaired) electrons. The third-order valence-corrected chi connectivity index (χ3v) is 4.05. The topological polar surface area (TPSA) is 61.4 Å². The first-order valence-corrected chi connectivity index (χ1v) is 6.40. The molecule has 3 rings (SSSR count). The lowest BCUT2D eigenvalue weighted by molar-refractivity contribution is -0.132. The van der Waals surface area contributed by atoms with Crippen molar-refractivity contribution in [3.63, 3.8) is 0 Å². The molecule has 100 valence electrons. The van der Waals surface area contributed by atoms with Crippen molar-refractivity contribution in [1.82, 2.24) is 10.2 Å². The second-order valence-corrected chi connectivity index (χ2v) is 5.44. The van der Waals surface area contributed by atoms with E-state index in [1.807, 2.05) is 24.3 Å². The number of hydrogen-bond donors (Lipinski definition) is 2. The second kappa shape index (κ2) is 3.98. The van der Waals surface area contributed by atoms with E-state index >= 15 is 0 Å². The zero-order valence-corrected chi connectivity index (χ0v) is 11.1. The van der Waals surface area contributed by atoms with E-state index in [1.165, 1.54) is 4.90 Å². The summed E-state index contributed by atoms with van der Waals surface area (Å²) >= 11 is 0. The van der Waals surface area contributed by atoms with Crippen molar-refractivity contribution in [3.8, 4) is 0 Å². The molecule has 2 aliphatic heterocycles. The van der Waals surface area contributed by atoms with Crippen LogP contribution in [0.2, 0.25) is 0 Å². The number of amides is 2. The van der Waals surface area contributed by atoms with Crippen LogP contribution in [0.4, 0.5) is 5.69 Å². The number of likely N-dealkylation sites (N-methyl/N-ethyl adjacent to an activating group) is 1. The van der Waals surface area contributed by atoms with Gasteiger partial charge in [0.15, 0.2) is 0 Å². The fourth-order valence-corrected chi connectivity index (χ4v) is 3.03. The van der Waals surface area contributed by atoms with Gasteiger partial charge >= 0.3 is 0 Å². The van der Waals surface area contributed by atoms with Gasteiger partial charge in [-0.3, -0.25) is 9.59 Å². The van der Waals surface area contributed by atoms with Gasteiger partial charge in [-0.15, -0.1) is 0 Å². The SMILES string of the molecule is CN(C)C(=O)C1CC2(CNc3ccccc32)C(=O)N1. The van der Waals surface area contributed by atoms with Crippen molar-refractivity contribution in [2.75, 3.05) is 26.0 Å². The molecule has 0 bridgehead atoms. The van der Waals surface area contributed by atoms with Crippen molar-refractivity contribution in [2.45, 2.75) is 17.9 Å². The first-order valence-electron chi connectivity index (χ1n) is 6.40. The first kappa shape index (κ1) is 12.0. The Morgan fingerprint density at radius 1 is 1.37 bits per heavy atom. The summed E-state index contributed by atoms with van der Waals surface area (Å²) in [5, 5.41) is 6.10. The molecule has 0 aromatic heterocycles. The normalized spacial score (nSPS) is 27.9. The molecule has 2 atom stereocenters. The Hall–Kier alpha value is -2.04. The summed E-state index contributed by atoms with van der Waals surface area (Å²) in [7, 11) is 3.42. The van der Waals surface area contributed by atoms with Gasteiger partial charge in [-0.2, -0.15) is 0 Å². The highest BCUT2D eigenvalue weighted by Gasteiger charge is 2.53. The summed E-state index contributed by atoms with van der Waals surface area (Å²) in [6.45, 7) is 0.565. The number of carbonyl (C=O) groups excluding carboxylic acids is 2. The Labute approximate surface area is 112 Å². The Morgan fingerprint density at radius 3 is 2.84 bits per heavy atom. The van der Waals surface area contributed by atoms with Crippen LogP contribution >= 0.6 is 0 Å². The van der Waals surface area contributed by atoms with Gasteiger partial charge in [0.05, 0.1) is 5.41 Å². The van der Waals surface area contributed by atoms with Gasteiger partial charge in [-0.05, 0) is 18.1 Å². The Morgan fingerprint density at radius 2 is 2.11 bits per heavy atom. The molecule has 2 heterocycles. The molecule has 19 heavy (non-hydrogen) atoms. The molecule has 1 aromatic carbocycles.